The first kappa shape index (κ1) is 14.3. The number of rotatable bonds is 4. The van der Waals surface area contributed by atoms with Crippen LogP contribution >= 0.6 is 0 Å². The van der Waals surface area contributed by atoms with Crippen molar-refractivity contribution in [1.82, 2.24) is 15.1 Å². The van der Waals surface area contributed by atoms with Gasteiger partial charge in [0, 0.05) is 32.2 Å². The van der Waals surface area contributed by atoms with E-state index in [2.05, 4.69) is 12.2 Å². The van der Waals surface area contributed by atoms with Crippen LogP contribution in [0.15, 0.2) is 0 Å². The van der Waals surface area contributed by atoms with Crippen molar-refractivity contribution in [2.75, 3.05) is 32.7 Å². The van der Waals surface area contributed by atoms with E-state index >= 15 is 0 Å². The zero-order valence-corrected chi connectivity index (χ0v) is 11.9. The van der Waals surface area contributed by atoms with E-state index in [1.165, 1.54) is 0 Å². The van der Waals surface area contributed by atoms with Crippen LogP contribution in [0.2, 0.25) is 0 Å². The molecule has 2 fully saturated rings. The minimum Gasteiger partial charge on any atom is -0.333 e. The number of nitrogens with zero attached hydrogens (tertiary/aromatic N) is 2. The quantitative estimate of drug-likeness (QED) is 0.759. The largest absolute Gasteiger partial charge is 0.333 e. The first-order valence-corrected chi connectivity index (χ1v) is 7.54. The second kappa shape index (κ2) is 6.89. The Bertz CT molecular complexity index is 321. The van der Waals surface area contributed by atoms with Gasteiger partial charge >= 0.3 is 11.8 Å². The molecule has 0 spiro atoms. The third kappa shape index (κ3) is 3.93. The molecule has 0 aromatic rings. The van der Waals surface area contributed by atoms with Gasteiger partial charge in [0.15, 0.2) is 0 Å². The smallest absolute Gasteiger partial charge is 0.312 e. The Kier molecular flexibility index (Phi) is 5.19. The Morgan fingerprint density at radius 2 is 2.05 bits per heavy atom. The van der Waals surface area contributed by atoms with E-state index in [1.807, 2.05) is 4.90 Å². The Morgan fingerprint density at radius 1 is 1.26 bits per heavy atom. The molecular formula is C14H25N3O2. The third-order valence-electron chi connectivity index (χ3n) is 3.81. The maximum atomic E-state index is 12.4. The van der Waals surface area contributed by atoms with Crippen molar-refractivity contribution >= 4 is 11.8 Å². The minimum atomic E-state index is -0.299. The normalized spacial score (nSPS) is 19.9. The summed E-state index contributed by atoms with van der Waals surface area (Å²) < 4.78 is 0. The standard InChI is InChI=1S/C14H25N3O2/c1-2-3-10-17(12-5-6-12)14(19)13(18)16-9-4-7-15-8-11-16/h12,15H,2-11H2,1H3. The molecule has 2 rings (SSSR count). The van der Waals surface area contributed by atoms with Gasteiger partial charge in [-0.15, -0.1) is 0 Å². The summed E-state index contributed by atoms with van der Waals surface area (Å²) in [6, 6.07) is 0.327. The number of hydrogen-bond donors (Lipinski definition) is 1. The van der Waals surface area contributed by atoms with E-state index in [9.17, 15) is 9.59 Å². The molecule has 5 heteroatoms. The van der Waals surface area contributed by atoms with Crippen LogP contribution in [0.5, 0.6) is 0 Å². The highest BCUT2D eigenvalue weighted by Crippen LogP contribution is 2.27. The number of hydrogen-bond acceptors (Lipinski definition) is 3. The molecule has 0 unspecified atom stereocenters. The maximum Gasteiger partial charge on any atom is 0.312 e. The fraction of sp³-hybridized carbons (Fsp3) is 0.857. The van der Waals surface area contributed by atoms with Gasteiger partial charge in [0.25, 0.3) is 0 Å². The van der Waals surface area contributed by atoms with Crippen LogP contribution in [0.3, 0.4) is 0 Å². The van der Waals surface area contributed by atoms with E-state index in [0.29, 0.717) is 19.1 Å². The summed E-state index contributed by atoms with van der Waals surface area (Å²) >= 11 is 0. The van der Waals surface area contributed by atoms with Crippen LogP contribution in [-0.4, -0.2) is 60.4 Å². The van der Waals surface area contributed by atoms with Crippen molar-refractivity contribution in [3.8, 4) is 0 Å². The molecule has 0 bridgehead atoms. The fourth-order valence-electron chi connectivity index (χ4n) is 2.47. The first-order valence-electron chi connectivity index (χ1n) is 7.54. The summed E-state index contributed by atoms with van der Waals surface area (Å²) in [4.78, 5) is 28.2. The zero-order chi connectivity index (χ0) is 13.7. The van der Waals surface area contributed by atoms with Crippen LogP contribution in [0, 0.1) is 0 Å². The predicted octanol–water partition coefficient (Wildman–Crippen LogP) is 0.599. The number of nitrogens with one attached hydrogen (secondary N) is 1. The lowest BCUT2D eigenvalue weighted by Crippen LogP contribution is -2.47. The number of carbonyl (C=O) groups excluding carboxylic acids is 2. The number of carbonyl (C=O) groups is 2. The first-order chi connectivity index (χ1) is 9.24. The molecular weight excluding hydrogens is 242 g/mol. The molecule has 19 heavy (non-hydrogen) atoms. The molecule has 1 saturated carbocycles. The van der Waals surface area contributed by atoms with Crippen LogP contribution < -0.4 is 5.32 Å². The lowest BCUT2D eigenvalue weighted by Gasteiger charge is -2.26. The van der Waals surface area contributed by atoms with Crippen molar-refractivity contribution in [3.05, 3.63) is 0 Å². The lowest BCUT2D eigenvalue weighted by molar-refractivity contribution is -0.152. The second-order valence-corrected chi connectivity index (χ2v) is 5.48. The Morgan fingerprint density at radius 3 is 2.74 bits per heavy atom. The summed E-state index contributed by atoms with van der Waals surface area (Å²) in [5, 5.41) is 3.25. The van der Waals surface area contributed by atoms with E-state index in [0.717, 1.165) is 51.7 Å². The van der Waals surface area contributed by atoms with Gasteiger partial charge in [-0.1, -0.05) is 13.3 Å². The summed E-state index contributed by atoms with van der Waals surface area (Å²) in [7, 11) is 0. The highest BCUT2D eigenvalue weighted by molar-refractivity contribution is 6.35. The monoisotopic (exact) mass is 267 g/mol. The molecule has 5 nitrogen and oxygen atoms in total. The maximum absolute atomic E-state index is 12.4. The summed E-state index contributed by atoms with van der Waals surface area (Å²) in [6.45, 7) is 5.91. The summed E-state index contributed by atoms with van der Waals surface area (Å²) in [5.74, 6) is -0.579. The van der Waals surface area contributed by atoms with Gasteiger partial charge in [0.2, 0.25) is 0 Å². The van der Waals surface area contributed by atoms with E-state index < -0.39 is 0 Å². The Labute approximate surface area is 115 Å². The van der Waals surface area contributed by atoms with Crippen LogP contribution in [0.25, 0.3) is 0 Å². The van der Waals surface area contributed by atoms with Crippen molar-refractivity contribution in [2.45, 2.75) is 45.1 Å². The van der Waals surface area contributed by atoms with E-state index in [-0.39, 0.29) is 11.8 Å². The fourth-order valence-corrected chi connectivity index (χ4v) is 2.47. The highest BCUT2D eigenvalue weighted by atomic mass is 16.2. The van der Waals surface area contributed by atoms with Crippen molar-refractivity contribution < 1.29 is 9.59 Å². The van der Waals surface area contributed by atoms with Gasteiger partial charge in [0.05, 0.1) is 0 Å². The molecule has 1 saturated heterocycles. The average Bonchev–Trinajstić information content (AvgIpc) is 3.24. The number of unbranched alkanes of at least 4 members (excludes halogenated alkanes) is 1. The van der Waals surface area contributed by atoms with Crippen molar-refractivity contribution in [1.29, 1.82) is 0 Å². The Hall–Kier alpha value is -1.10. The molecule has 2 aliphatic rings. The molecule has 1 aliphatic heterocycles. The van der Waals surface area contributed by atoms with E-state index in [1.54, 1.807) is 4.90 Å². The van der Waals surface area contributed by atoms with Gasteiger partial charge in [-0.2, -0.15) is 0 Å². The van der Waals surface area contributed by atoms with Crippen molar-refractivity contribution in [2.24, 2.45) is 0 Å². The molecule has 0 aromatic carbocycles. The second-order valence-electron chi connectivity index (χ2n) is 5.48. The van der Waals surface area contributed by atoms with Gasteiger partial charge in [-0.05, 0) is 32.2 Å². The van der Waals surface area contributed by atoms with Gasteiger partial charge in [0.1, 0.15) is 0 Å². The molecule has 1 aliphatic carbocycles. The predicted molar refractivity (Wildman–Crippen MR) is 73.7 cm³/mol. The molecule has 0 atom stereocenters. The summed E-state index contributed by atoms with van der Waals surface area (Å²) in [6.07, 6.45) is 5.08. The molecule has 2 amide bonds. The van der Waals surface area contributed by atoms with Crippen LogP contribution in [0.1, 0.15) is 39.0 Å². The average molecular weight is 267 g/mol. The van der Waals surface area contributed by atoms with Crippen LogP contribution in [0.4, 0.5) is 0 Å². The van der Waals surface area contributed by atoms with E-state index in [4.69, 9.17) is 0 Å². The highest BCUT2D eigenvalue weighted by Gasteiger charge is 2.36. The van der Waals surface area contributed by atoms with Gasteiger partial charge in [-0.3, -0.25) is 9.59 Å². The minimum absolute atomic E-state index is 0.280. The molecule has 1 N–H and O–H groups in total. The molecule has 0 aromatic heterocycles. The number of amides is 2. The molecule has 1 heterocycles. The topological polar surface area (TPSA) is 52.7 Å². The van der Waals surface area contributed by atoms with Crippen LogP contribution in [-0.2, 0) is 9.59 Å². The SMILES string of the molecule is CCCCN(C(=O)C(=O)N1CCCNCC1)C1CC1. The molecule has 108 valence electrons. The third-order valence-corrected chi connectivity index (χ3v) is 3.81. The Balaban J connectivity index is 1.93. The lowest BCUT2D eigenvalue weighted by atomic mass is 10.3. The van der Waals surface area contributed by atoms with Gasteiger partial charge in [-0.25, -0.2) is 0 Å². The van der Waals surface area contributed by atoms with Gasteiger partial charge < -0.3 is 15.1 Å². The summed E-state index contributed by atoms with van der Waals surface area (Å²) in [5.41, 5.74) is 0. The molecule has 0 radical (unpaired) electrons. The van der Waals surface area contributed by atoms with Crippen molar-refractivity contribution in [3.63, 3.8) is 0 Å². The zero-order valence-electron chi connectivity index (χ0n) is 11.9.